The number of piperazine rings is 1. The van der Waals surface area contributed by atoms with Gasteiger partial charge in [0.25, 0.3) is 5.91 Å². The van der Waals surface area contributed by atoms with Crippen LogP contribution in [0.15, 0.2) is 42.5 Å². The maximum atomic E-state index is 13.1. The number of para-hydroxylation sites is 1. The molecule has 0 radical (unpaired) electrons. The van der Waals surface area contributed by atoms with E-state index in [0.29, 0.717) is 38.4 Å². The first-order valence-electron chi connectivity index (χ1n) is 9.86. The van der Waals surface area contributed by atoms with Crippen molar-refractivity contribution in [3.05, 3.63) is 70.8 Å². The lowest BCUT2D eigenvalue weighted by atomic mass is 10.0. The van der Waals surface area contributed by atoms with Gasteiger partial charge in [0.05, 0.1) is 11.1 Å². The molecule has 1 fully saturated rings. The fraction of sp³-hybridized carbons (Fsp3) is 0.273. The molecule has 0 bridgehead atoms. The van der Waals surface area contributed by atoms with Gasteiger partial charge < -0.3 is 14.9 Å². The first kappa shape index (κ1) is 20.9. The van der Waals surface area contributed by atoms with Gasteiger partial charge >= 0.3 is 0 Å². The summed E-state index contributed by atoms with van der Waals surface area (Å²) in [5, 5.41) is 11.1. The molecule has 0 saturated carbocycles. The maximum Gasteiger partial charge on any atom is 0.257 e. The number of benzene rings is 2. The second kappa shape index (κ2) is 8.81. The number of carbonyl (C=O) groups excluding carboxylic acids is 2. The number of aromatic nitrogens is 2. The lowest BCUT2D eigenvalue weighted by Gasteiger charge is -2.34. The standard InChI is InChI=1S/C22H21FN4O3S/c1-14(28)17-3-2-4-18(20(17)29)21(30)26-9-11-27(12-10-26)22-24-19(25-31-22)13-15-5-7-16(23)8-6-15/h2-8,29H,9-13H2,1H3. The average molecular weight is 441 g/mol. The summed E-state index contributed by atoms with van der Waals surface area (Å²) in [5.74, 6) is -0.448. The van der Waals surface area contributed by atoms with Gasteiger partial charge in [0.1, 0.15) is 17.4 Å². The molecule has 1 aliphatic rings. The zero-order valence-electron chi connectivity index (χ0n) is 16.9. The van der Waals surface area contributed by atoms with Gasteiger partial charge in [-0.2, -0.15) is 4.37 Å². The highest BCUT2D eigenvalue weighted by Crippen LogP contribution is 2.26. The maximum absolute atomic E-state index is 13.1. The van der Waals surface area contributed by atoms with Gasteiger partial charge in [-0.1, -0.05) is 18.2 Å². The molecule has 3 aromatic rings. The van der Waals surface area contributed by atoms with E-state index in [1.807, 2.05) is 0 Å². The monoisotopic (exact) mass is 440 g/mol. The number of hydrogen-bond acceptors (Lipinski definition) is 7. The van der Waals surface area contributed by atoms with Crippen molar-refractivity contribution in [2.45, 2.75) is 13.3 Å². The minimum Gasteiger partial charge on any atom is -0.506 e. The number of halogens is 1. The summed E-state index contributed by atoms with van der Waals surface area (Å²) in [5.41, 5.74) is 1.22. The normalized spacial score (nSPS) is 14.0. The Morgan fingerprint density at radius 1 is 1.06 bits per heavy atom. The summed E-state index contributed by atoms with van der Waals surface area (Å²) in [7, 11) is 0. The molecule has 0 aliphatic carbocycles. The van der Waals surface area contributed by atoms with E-state index in [0.717, 1.165) is 10.7 Å². The minimum atomic E-state index is -0.297. The van der Waals surface area contributed by atoms with Gasteiger partial charge in [0, 0.05) is 44.1 Å². The van der Waals surface area contributed by atoms with Crippen LogP contribution in [0.2, 0.25) is 0 Å². The largest absolute Gasteiger partial charge is 0.506 e. The number of nitrogens with zero attached hydrogens (tertiary/aromatic N) is 4. The quantitative estimate of drug-likeness (QED) is 0.614. The molecule has 1 aromatic heterocycles. The van der Waals surface area contributed by atoms with Gasteiger partial charge in [-0.15, -0.1) is 0 Å². The summed E-state index contributed by atoms with van der Waals surface area (Å²) in [6.07, 6.45) is 0.529. The molecule has 4 rings (SSSR count). The van der Waals surface area contributed by atoms with Crippen LogP contribution >= 0.6 is 11.5 Å². The zero-order valence-corrected chi connectivity index (χ0v) is 17.7. The number of hydrogen-bond donors (Lipinski definition) is 1. The minimum absolute atomic E-state index is 0.138. The molecule has 0 spiro atoms. The first-order chi connectivity index (χ1) is 14.9. The molecule has 1 amide bonds. The van der Waals surface area contributed by atoms with Crippen LogP contribution in [-0.2, 0) is 6.42 Å². The summed E-state index contributed by atoms with van der Waals surface area (Å²) >= 11 is 1.30. The molecule has 7 nitrogen and oxygen atoms in total. The number of carbonyl (C=O) groups is 2. The molecule has 31 heavy (non-hydrogen) atoms. The van der Waals surface area contributed by atoms with Gasteiger partial charge in [-0.3, -0.25) is 9.59 Å². The highest BCUT2D eigenvalue weighted by molar-refractivity contribution is 7.09. The molecular weight excluding hydrogens is 419 g/mol. The van der Waals surface area contributed by atoms with Crippen LogP contribution in [0.4, 0.5) is 9.52 Å². The van der Waals surface area contributed by atoms with E-state index < -0.39 is 0 Å². The Morgan fingerprint density at radius 3 is 2.42 bits per heavy atom. The molecule has 1 saturated heterocycles. The van der Waals surface area contributed by atoms with Crippen molar-refractivity contribution < 1.29 is 19.1 Å². The molecule has 1 N–H and O–H groups in total. The molecule has 9 heteroatoms. The van der Waals surface area contributed by atoms with Crippen molar-refractivity contribution in [3.8, 4) is 5.75 Å². The fourth-order valence-electron chi connectivity index (χ4n) is 3.50. The fourth-order valence-corrected chi connectivity index (χ4v) is 4.24. The second-order valence-electron chi connectivity index (χ2n) is 7.33. The Kier molecular flexibility index (Phi) is 5.94. The Bertz CT molecular complexity index is 1110. The number of ketones is 1. The third-order valence-electron chi connectivity index (χ3n) is 5.22. The molecule has 160 valence electrons. The Morgan fingerprint density at radius 2 is 1.74 bits per heavy atom. The number of phenols is 1. The number of anilines is 1. The lowest BCUT2D eigenvalue weighted by Crippen LogP contribution is -2.48. The van der Waals surface area contributed by atoms with Gasteiger partial charge in [-0.05, 0) is 36.8 Å². The number of rotatable bonds is 5. The van der Waals surface area contributed by atoms with E-state index in [2.05, 4.69) is 14.3 Å². The number of amides is 1. The van der Waals surface area contributed by atoms with Gasteiger partial charge in [-0.25, -0.2) is 9.37 Å². The van der Waals surface area contributed by atoms with Crippen LogP contribution in [0.1, 0.15) is 39.0 Å². The van der Waals surface area contributed by atoms with E-state index in [9.17, 15) is 19.1 Å². The van der Waals surface area contributed by atoms with Crippen molar-refractivity contribution >= 4 is 28.4 Å². The summed E-state index contributed by atoms with van der Waals surface area (Å²) in [6, 6.07) is 10.9. The summed E-state index contributed by atoms with van der Waals surface area (Å²) in [4.78, 5) is 32.8. The molecule has 2 aromatic carbocycles. The van der Waals surface area contributed by atoms with E-state index in [1.165, 1.54) is 42.7 Å². The van der Waals surface area contributed by atoms with Crippen LogP contribution in [0.5, 0.6) is 5.75 Å². The van der Waals surface area contributed by atoms with Crippen molar-refractivity contribution in [2.24, 2.45) is 0 Å². The molecular formula is C22H21FN4O3S. The van der Waals surface area contributed by atoms with Crippen LogP contribution < -0.4 is 4.90 Å². The van der Waals surface area contributed by atoms with Crippen molar-refractivity contribution in [1.82, 2.24) is 14.3 Å². The summed E-state index contributed by atoms with van der Waals surface area (Å²) < 4.78 is 17.5. The SMILES string of the molecule is CC(=O)c1cccc(C(=O)N2CCN(c3nc(Cc4ccc(F)cc4)ns3)CC2)c1O. The lowest BCUT2D eigenvalue weighted by molar-refractivity contribution is 0.0743. The zero-order chi connectivity index (χ0) is 22.0. The van der Waals surface area contributed by atoms with E-state index in [4.69, 9.17) is 0 Å². The average Bonchev–Trinajstić information content (AvgIpc) is 3.23. The van der Waals surface area contributed by atoms with Crippen molar-refractivity contribution in [2.75, 3.05) is 31.1 Å². The van der Waals surface area contributed by atoms with E-state index in [-0.39, 0.29) is 34.4 Å². The van der Waals surface area contributed by atoms with Crippen molar-refractivity contribution in [3.63, 3.8) is 0 Å². The van der Waals surface area contributed by atoms with Crippen molar-refractivity contribution in [1.29, 1.82) is 0 Å². The Balaban J connectivity index is 1.38. The Labute approximate surface area is 182 Å². The third kappa shape index (κ3) is 4.56. The van der Waals surface area contributed by atoms with Crippen LogP contribution in [0.3, 0.4) is 0 Å². The summed E-state index contributed by atoms with van der Waals surface area (Å²) in [6.45, 7) is 3.47. The topological polar surface area (TPSA) is 86.6 Å². The van der Waals surface area contributed by atoms with Crippen LogP contribution in [0, 0.1) is 5.82 Å². The predicted molar refractivity (Wildman–Crippen MR) is 115 cm³/mol. The van der Waals surface area contributed by atoms with Crippen LogP contribution in [-0.4, -0.2) is 57.2 Å². The van der Waals surface area contributed by atoms with Gasteiger partial charge in [0.2, 0.25) is 5.13 Å². The molecule has 2 heterocycles. The number of Topliss-reactive ketones (excluding diaryl/α,β-unsaturated/α-hetero) is 1. The highest BCUT2D eigenvalue weighted by atomic mass is 32.1. The predicted octanol–water partition coefficient (Wildman–Crippen LogP) is 3.14. The van der Waals surface area contributed by atoms with E-state index in [1.54, 1.807) is 23.1 Å². The molecule has 1 aliphatic heterocycles. The molecule has 0 atom stereocenters. The Hall–Kier alpha value is -3.33. The third-order valence-corrected chi connectivity index (χ3v) is 6.03. The smallest absolute Gasteiger partial charge is 0.257 e. The van der Waals surface area contributed by atoms with E-state index >= 15 is 0 Å². The first-order valence-corrected chi connectivity index (χ1v) is 10.6. The number of aromatic hydroxyl groups is 1. The highest BCUT2D eigenvalue weighted by Gasteiger charge is 2.26. The molecule has 0 unspecified atom stereocenters. The number of phenolic OH excluding ortho intramolecular Hbond substituents is 1. The van der Waals surface area contributed by atoms with Crippen LogP contribution in [0.25, 0.3) is 0 Å². The van der Waals surface area contributed by atoms with Gasteiger partial charge in [0.15, 0.2) is 5.78 Å². The second-order valence-corrected chi connectivity index (χ2v) is 8.06.